The van der Waals surface area contributed by atoms with Gasteiger partial charge < -0.3 is 16.0 Å². The summed E-state index contributed by atoms with van der Waals surface area (Å²) < 4.78 is 0. The van der Waals surface area contributed by atoms with Gasteiger partial charge in [-0.3, -0.25) is 14.5 Å². The molecule has 7 nitrogen and oxygen atoms in total. The number of imide groups is 1. The molecule has 7 heteroatoms. The van der Waals surface area contributed by atoms with Crippen LogP contribution in [0, 0.1) is 0 Å². The fourth-order valence-electron chi connectivity index (χ4n) is 2.41. The smallest absolute Gasteiger partial charge is 0.326 e. The third kappa shape index (κ3) is 4.70. The van der Waals surface area contributed by atoms with Gasteiger partial charge in [-0.05, 0) is 30.5 Å². The average molecular weight is 318 g/mol. The van der Waals surface area contributed by atoms with Crippen LogP contribution in [0.25, 0.3) is 0 Å². The number of likely N-dealkylation sites (N-methyl/N-ethyl adjacent to an activating group) is 1. The third-order valence-electron chi connectivity index (χ3n) is 3.73. The van der Waals surface area contributed by atoms with Gasteiger partial charge in [0, 0.05) is 32.2 Å². The zero-order valence-electron chi connectivity index (χ0n) is 13.2. The van der Waals surface area contributed by atoms with Crippen molar-refractivity contribution in [2.45, 2.75) is 19.3 Å². The van der Waals surface area contributed by atoms with Crippen LogP contribution in [0.1, 0.15) is 18.4 Å². The maximum atomic E-state index is 11.8. The number of nitrogen functional groups attached to an aromatic ring is 1. The molecule has 0 atom stereocenters. The lowest BCUT2D eigenvalue weighted by Gasteiger charge is -2.13. The zero-order valence-corrected chi connectivity index (χ0v) is 13.2. The Bertz CT molecular complexity index is 585. The molecule has 0 radical (unpaired) electrons. The van der Waals surface area contributed by atoms with Crippen LogP contribution in [-0.2, 0) is 16.0 Å². The molecule has 0 unspecified atom stereocenters. The number of nitrogens with zero attached hydrogens (tertiary/aromatic N) is 2. The minimum absolute atomic E-state index is 0.0760. The summed E-state index contributed by atoms with van der Waals surface area (Å²) in [6.45, 7) is 0.951. The van der Waals surface area contributed by atoms with Crippen LogP contribution < -0.4 is 11.1 Å². The van der Waals surface area contributed by atoms with Gasteiger partial charge in [0.05, 0.1) is 0 Å². The molecule has 3 N–H and O–H groups in total. The van der Waals surface area contributed by atoms with E-state index in [1.54, 1.807) is 7.05 Å². The van der Waals surface area contributed by atoms with Crippen LogP contribution in [0.4, 0.5) is 10.5 Å². The molecule has 4 amide bonds. The summed E-state index contributed by atoms with van der Waals surface area (Å²) >= 11 is 0. The number of nitrogens with one attached hydrogen (secondary N) is 1. The van der Waals surface area contributed by atoms with Crippen molar-refractivity contribution in [1.82, 2.24) is 15.1 Å². The molecule has 0 spiro atoms. The number of anilines is 1. The Hall–Kier alpha value is -2.57. The Morgan fingerprint density at radius 3 is 2.57 bits per heavy atom. The largest absolute Gasteiger partial charge is 0.399 e. The van der Waals surface area contributed by atoms with Crippen LogP contribution in [0.15, 0.2) is 24.3 Å². The fraction of sp³-hybridized carbons (Fsp3) is 0.438. The molecular weight excluding hydrogens is 296 g/mol. The highest BCUT2D eigenvalue weighted by Gasteiger charge is 2.32. The van der Waals surface area contributed by atoms with Crippen molar-refractivity contribution in [3.05, 3.63) is 29.8 Å². The van der Waals surface area contributed by atoms with Gasteiger partial charge in [0.25, 0.3) is 0 Å². The molecule has 1 aliphatic rings. The van der Waals surface area contributed by atoms with E-state index in [1.807, 2.05) is 24.3 Å². The van der Waals surface area contributed by atoms with Gasteiger partial charge in [0.1, 0.15) is 6.54 Å². The van der Waals surface area contributed by atoms with Crippen molar-refractivity contribution in [1.29, 1.82) is 0 Å². The average Bonchev–Trinajstić information content (AvgIpc) is 2.75. The quantitative estimate of drug-likeness (QED) is 0.568. The van der Waals surface area contributed by atoms with E-state index in [-0.39, 0.29) is 30.9 Å². The topological polar surface area (TPSA) is 95.7 Å². The lowest BCUT2D eigenvalue weighted by atomic mass is 10.1. The van der Waals surface area contributed by atoms with E-state index in [1.165, 1.54) is 9.80 Å². The molecule has 23 heavy (non-hydrogen) atoms. The van der Waals surface area contributed by atoms with Gasteiger partial charge in [-0.1, -0.05) is 12.1 Å². The van der Waals surface area contributed by atoms with Crippen LogP contribution in [0.5, 0.6) is 0 Å². The van der Waals surface area contributed by atoms with Crippen molar-refractivity contribution in [2.24, 2.45) is 0 Å². The highest BCUT2D eigenvalue weighted by molar-refractivity contribution is 6.01. The lowest BCUT2D eigenvalue weighted by molar-refractivity contribution is -0.126. The molecule has 1 saturated heterocycles. The molecule has 1 heterocycles. The highest BCUT2D eigenvalue weighted by atomic mass is 16.2. The number of carbonyl (C=O) groups is 3. The van der Waals surface area contributed by atoms with Gasteiger partial charge in [-0.15, -0.1) is 0 Å². The predicted octanol–water partition coefficient (Wildman–Crippen LogP) is 0.602. The number of hydrogen-bond acceptors (Lipinski definition) is 4. The monoisotopic (exact) mass is 318 g/mol. The first-order chi connectivity index (χ1) is 11.0. The number of amides is 4. The summed E-state index contributed by atoms with van der Waals surface area (Å²) in [7, 11) is 1.59. The molecule has 0 aromatic heterocycles. The van der Waals surface area contributed by atoms with Gasteiger partial charge in [0.15, 0.2) is 0 Å². The molecule has 2 rings (SSSR count). The standard InChI is InChI=1S/C16H22N4O3/c1-19-11-15(22)20(16(19)23)10-2-3-14(21)18-9-8-12-4-6-13(17)7-5-12/h4-7H,2-3,8-11,17H2,1H3,(H,18,21). The maximum Gasteiger partial charge on any atom is 0.326 e. The van der Waals surface area contributed by atoms with Crippen LogP contribution >= 0.6 is 0 Å². The SMILES string of the molecule is CN1CC(=O)N(CCCC(=O)NCCc2ccc(N)cc2)C1=O. The second kappa shape index (κ2) is 7.62. The molecule has 1 aromatic carbocycles. The Morgan fingerprint density at radius 2 is 1.96 bits per heavy atom. The summed E-state index contributed by atoms with van der Waals surface area (Å²) in [5.41, 5.74) is 7.44. The van der Waals surface area contributed by atoms with Gasteiger partial charge in [0.2, 0.25) is 11.8 Å². The summed E-state index contributed by atoms with van der Waals surface area (Å²) in [5, 5.41) is 2.83. The minimum Gasteiger partial charge on any atom is -0.399 e. The molecule has 1 fully saturated rings. The first-order valence-corrected chi connectivity index (χ1v) is 7.64. The first kappa shape index (κ1) is 16.8. The zero-order chi connectivity index (χ0) is 16.8. The Balaban J connectivity index is 1.63. The molecular formula is C16H22N4O3. The Morgan fingerprint density at radius 1 is 1.26 bits per heavy atom. The summed E-state index contributed by atoms with van der Waals surface area (Å²) in [6, 6.07) is 7.24. The fourth-order valence-corrected chi connectivity index (χ4v) is 2.41. The van der Waals surface area contributed by atoms with Crippen molar-refractivity contribution < 1.29 is 14.4 Å². The Labute approximate surface area is 135 Å². The lowest BCUT2D eigenvalue weighted by Crippen LogP contribution is -2.33. The van der Waals surface area contributed by atoms with Crippen molar-refractivity contribution in [3.8, 4) is 0 Å². The van der Waals surface area contributed by atoms with Gasteiger partial charge in [-0.2, -0.15) is 0 Å². The Kier molecular flexibility index (Phi) is 5.56. The van der Waals surface area contributed by atoms with E-state index in [0.717, 1.165) is 17.7 Å². The first-order valence-electron chi connectivity index (χ1n) is 7.64. The molecule has 0 bridgehead atoms. The minimum atomic E-state index is -0.293. The third-order valence-corrected chi connectivity index (χ3v) is 3.73. The van der Waals surface area contributed by atoms with Crippen molar-refractivity contribution in [2.75, 3.05) is 32.4 Å². The predicted molar refractivity (Wildman–Crippen MR) is 86.5 cm³/mol. The second-order valence-corrected chi connectivity index (χ2v) is 5.63. The number of rotatable bonds is 7. The van der Waals surface area contributed by atoms with Crippen molar-refractivity contribution >= 4 is 23.5 Å². The molecule has 1 aliphatic heterocycles. The molecule has 124 valence electrons. The van der Waals surface area contributed by atoms with Gasteiger partial charge in [-0.25, -0.2) is 4.79 Å². The number of benzene rings is 1. The number of carbonyl (C=O) groups excluding carboxylic acids is 3. The van der Waals surface area contributed by atoms with Crippen LogP contribution in [0.2, 0.25) is 0 Å². The maximum absolute atomic E-state index is 11.8. The van der Waals surface area contributed by atoms with Crippen molar-refractivity contribution in [3.63, 3.8) is 0 Å². The molecule has 1 aromatic rings. The summed E-state index contributed by atoms with van der Waals surface area (Å²) in [4.78, 5) is 37.6. The summed E-state index contributed by atoms with van der Waals surface area (Å²) in [5.74, 6) is -0.283. The van der Waals surface area contributed by atoms with E-state index in [4.69, 9.17) is 5.73 Å². The number of nitrogens with two attached hydrogens (primary N) is 1. The molecule has 0 aliphatic carbocycles. The van der Waals surface area contributed by atoms with Crippen LogP contribution in [0.3, 0.4) is 0 Å². The van der Waals surface area contributed by atoms with Gasteiger partial charge >= 0.3 is 6.03 Å². The molecule has 0 saturated carbocycles. The normalized spacial score (nSPS) is 14.5. The van der Waals surface area contributed by atoms with E-state index >= 15 is 0 Å². The van der Waals surface area contributed by atoms with Crippen LogP contribution in [-0.4, -0.2) is 54.3 Å². The highest BCUT2D eigenvalue weighted by Crippen LogP contribution is 2.09. The van der Waals surface area contributed by atoms with E-state index in [9.17, 15) is 14.4 Å². The number of urea groups is 1. The summed E-state index contributed by atoms with van der Waals surface area (Å²) in [6.07, 6.45) is 1.50. The van der Waals surface area contributed by atoms with E-state index in [2.05, 4.69) is 5.32 Å². The van der Waals surface area contributed by atoms with E-state index < -0.39 is 0 Å². The number of hydrogen-bond donors (Lipinski definition) is 2. The second-order valence-electron chi connectivity index (χ2n) is 5.63. The van der Waals surface area contributed by atoms with E-state index in [0.29, 0.717) is 19.4 Å².